The summed E-state index contributed by atoms with van der Waals surface area (Å²) >= 11 is 0. The van der Waals surface area contributed by atoms with Crippen LogP contribution in [-0.2, 0) is 11.3 Å². The first-order chi connectivity index (χ1) is 10.8. The van der Waals surface area contributed by atoms with Crippen LogP contribution in [0.15, 0.2) is 23.5 Å². The summed E-state index contributed by atoms with van der Waals surface area (Å²) in [6.45, 7) is 6.72. The molecule has 1 unspecified atom stereocenters. The molecule has 0 radical (unpaired) electrons. The normalized spacial score (nSPS) is 22.0. The van der Waals surface area contributed by atoms with Crippen LogP contribution in [0, 0.1) is 5.41 Å². The number of nitrogens with one attached hydrogen (secondary N) is 2. The van der Waals surface area contributed by atoms with Crippen LogP contribution in [0.4, 0.5) is 0 Å². The van der Waals surface area contributed by atoms with Gasteiger partial charge in [0.15, 0.2) is 5.96 Å². The second-order valence-electron chi connectivity index (χ2n) is 5.67. The molecular weight excluding hydrogens is 282 g/mol. The predicted octanol–water partition coefficient (Wildman–Crippen LogP) is 0.227. The Morgan fingerprint density at radius 2 is 2.41 bits per heavy atom. The molecule has 0 amide bonds. The Morgan fingerprint density at radius 3 is 3.05 bits per heavy atom. The second-order valence-corrected chi connectivity index (χ2v) is 5.67. The van der Waals surface area contributed by atoms with Gasteiger partial charge in [0.1, 0.15) is 0 Å². The standard InChI is InChI=1S/C15H27N5O2/c1-2-16-14(17-7-9-20-8-3-6-19-20)18-12-15(4-10-21)5-11-22-13-15/h3,6,8,21H,2,4-5,7,9-13H2,1H3,(H2,16,17,18). The highest BCUT2D eigenvalue weighted by molar-refractivity contribution is 5.79. The molecule has 7 heteroatoms. The minimum absolute atomic E-state index is 0.0148. The van der Waals surface area contributed by atoms with Gasteiger partial charge < -0.3 is 20.5 Å². The highest BCUT2D eigenvalue weighted by atomic mass is 16.5. The van der Waals surface area contributed by atoms with Gasteiger partial charge in [-0.2, -0.15) is 5.10 Å². The summed E-state index contributed by atoms with van der Waals surface area (Å²) in [7, 11) is 0. The fourth-order valence-electron chi connectivity index (χ4n) is 2.60. The zero-order chi connectivity index (χ0) is 15.7. The average Bonchev–Trinajstić information content (AvgIpc) is 3.17. The van der Waals surface area contributed by atoms with Crippen molar-refractivity contribution in [2.75, 3.05) is 39.5 Å². The molecule has 1 aliphatic heterocycles. The van der Waals surface area contributed by atoms with Crippen LogP contribution >= 0.6 is 0 Å². The second kappa shape index (κ2) is 8.75. The Morgan fingerprint density at radius 1 is 1.50 bits per heavy atom. The van der Waals surface area contributed by atoms with Crippen LogP contribution in [0.3, 0.4) is 0 Å². The molecule has 1 saturated heterocycles. The van der Waals surface area contributed by atoms with Crippen molar-refractivity contribution in [2.24, 2.45) is 10.4 Å². The molecule has 2 rings (SSSR count). The van der Waals surface area contributed by atoms with Crippen molar-refractivity contribution >= 4 is 5.96 Å². The topological polar surface area (TPSA) is 83.7 Å². The number of rotatable bonds is 8. The van der Waals surface area contributed by atoms with Crippen LogP contribution < -0.4 is 10.6 Å². The molecule has 1 aliphatic rings. The third-order valence-electron chi connectivity index (χ3n) is 3.94. The van der Waals surface area contributed by atoms with E-state index in [4.69, 9.17) is 4.74 Å². The number of aliphatic imine (C=N–C) groups is 1. The van der Waals surface area contributed by atoms with E-state index in [0.717, 1.165) is 45.0 Å². The number of hydrogen-bond acceptors (Lipinski definition) is 4. The molecule has 3 N–H and O–H groups in total. The fraction of sp³-hybridized carbons (Fsp3) is 0.733. The van der Waals surface area contributed by atoms with Crippen LogP contribution in [0.2, 0.25) is 0 Å². The quantitative estimate of drug-likeness (QED) is 0.473. The van der Waals surface area contributed by atoms with Gasteiger partial charge in [-0.1, -0.05) is 0 Å². The van der Waals surface area contributed by atoms with Gasteiger partial charge >= 0.3 is 0 Å². The molecule has 1 atom stereocenters. The van der Waals surface area contributed by atoms with Gasteiger partial charge in [-0.05, 0) is 25.8 Å². The first-order valence-corrected chi connectivity index (χ1v) is 7.96. The molecule has 0 aromatic carbocycles. The molecule has 0 spiro atoms. The third-order valence-corrected chi connectivity index (χ3v) is 3.94. The molecule has 1 aromatic heterocycles. The van der Waals surface area contributed by atoms with E-state index < -0.39 is 0 Å². The summed E-state index contributed by atoms with van der Waals surface area (Å²) in [5, 5.41) is 20.0. The van der Waals surface area contributed by atoms with Crippen LogP contribution in [-0.4, -0.2) is 60.3 Å². The van der Waals surface area contributed by atoms with Gasteiger partial charge in [0, 0.05) is 44.1 Å². The number of guanidine groups is 1. The van der Waals surface area contributed by atoms with Crippen LogP contribution in [0.1, 0.15) is 19.8 Å². The van der Waals surface area contributed by atoms with Gasteiger partial charge in [-0.3, -0.25) is 9.67 Å². The van der Waals surface area contributed by atoms with Crippen molar-refractivity contribution in [3.63, 3.8) is 0 Å². The summed E-state index contributed by atoms with van der Waals surface area (Å²) in [6.07, 6.45) is 5.42. The Labute approximate surface area is 131 Å². The van der Waals surface area contributed by atoms with Crippen molar-refractivity contribution in [1.82, 2.24) is 20.4 Å². The van der Waals surface area contributed by atoms with Crippen molar-refractivity contribution in [2.45, 2.75) is 26.3 Å². The van der Waals surface area contributed by atoms with Crippen molar-refractivity contribution < 1.29 is 9.84 Å². The van der Waals surface area contributed by atoms with E-state index in [1.165, 1.54) is 0 Å². The highest BCUT2D eigenvalue weighted by Crippen LogP contribution is 2.32. The average molecular weight is 309 g/mol. The lowest BCUT2D eigenvalue weighted by Gasteiger charge is -2.24. The number of aliphatic hydroxyl groups is 1. The third kappa shape index (κ3) is 4.99. The van der Waals surface area contributed by atoms with Crippen molar-refractivity contribution in [3.8, 4) is 0 Å². The van der Waals surface area contributed by atoms with E-state index in [2.05, 4.69) is 20.7 Å². The van der Waals surface area contributed by atoms with E-state index in [1.54, 1.807) is 6.20 Å². The molecule has 0 aliphatic carbocycles. The lowest BCUT2D eigenvalue weighted by Crippen LogP contribution is -2.40. The molecule has 0 bridgehead atoms. The Balaban J connectivity index is 1.85. The van der Waals surface area contributed by atoms with Crippen LogP contribution in [0.5, 0.6) is 0 Å². The lowest BCUT2D eigenvalue weighted by molar-refractivity contribution is 0.131. The monoisotopic (exact) mass is 309 g/mol. The number of aliphatic hydroxyl groups excluding tert-OH is 1. The van der Waals surface area contributed by atoms with E-state index in [9.17, 15) is 5.11 Å². The maximum Gasteiger partial charge on any atom is 0.191 e. The van der Waals surface area contributed by atoms with Gasteiger partial charge in [-0.25, -0.2) is 0 Å². The largest absolute Gasteiger partial charge is 0.396 e. The molecule has 22 heavy (non-hydrogen) atoms. The van der Waals surface area contributed by atoms with E-state index in [-0.39, 0.29) is 12.0 Å². The highest BCUT2D eigenvalue weighted by Gasteiger charge is 2.34. The first kappa shape index (κ1) is 16.8. The van der Waals surface area contributed by atoms with Gasteiger partial charge in [0.25, 0.3) is 0 Å². The van der Waals surface area contributed by atoms with Crippen molar-refractivity contribution in [1.29, 1.82) is 0 Å². The lowest BCUT2D eigenvalue weighted by atomic mass is 9.84. The summed E-state index contributed by atoms with van der Waals surface area (Å²) < 4.78 is 7.39. The van der Waals surface area contributed by atoms with E-state index >= 15 is 0 Å². The SMILES string of the molecule is CCNC(=NCC1(CCO)CCOC1)NCCn1cccn1. The molecule has 0 saturated carbocycles. The minimum atomic E-state index is -0.0148. The predicted molar refractivity (Wildman–Crippen MR) is 85.8 cm³/mol. The Kier molecular flexibility index (Phi) is 6.67. The van der Waals surface area contributed by atoms with Gasteiger partial charge in [0.2, 0.25) is 0 Å². The molecule has 1 aromatic rings. The number of ether oxygens (including phenoxy) is 1. The van der Waals surface area contributed by atoms with Crippen LogP contribution in [0.25, 0.3) is 0 Å². The van der Waals surface area contributed by atoms with E-state index in [1.807, 2.05) is 23.9 Å². The zero-order valence-corrected chi connectivity index (χ0v) is 13.3. The number of hydrogen-bond donors (Lipinski definition) is 3. The fourth-order valence-corrected chi connectivity index (χ4v) is 2.60. The smallest absolute Gasteiger partial charge is 0.191 e. The molecular formula is C15H27N5O2. The molecule has 1 fully saturated rings. The molecule has 7 nitrogen and oxygen atoms in total. The first-order valence-electron chi connectivity index (χ1n) is 7.96. The van der Waals surface area contributed by atoms with Crippen molar-refractivity contribution in [3.05, 3.63) is 18.5 Å². The molecule has 124 valence electrons. The summed E-state index contributed by atoms with van der Waals surface area (Å²) in [6, 6.07) is 1.91. The van der Waals surface area contributed by atoms with Gasteiger partial charge in [-0.15, -0.1) is 0 Å². The minimum Gasteiger partial charge on any atom is -0.396 e. The van der Waals surface area contributed by atoms with E-state index in [0.29, 0.717) is 13.2 Å². The maximum absolute atomic E-state index is 9.26. The number of nitrogens with zero attached hydrogens (tertiary/aromatic N) is 3. The summed E-state index contributed by atoms with van der Waals surface area (Å²) in [4.78, 5) is 4.68. The summed E-state index contributed by atoms with van der Waals surface area (Å²) in [5.41, 5.74) is -0.0148. The Bertz CT molecular complexity index is 441. The Hall–Kier alpha value is -1.60. The number of aromatic nitrogens is 2. The molecule has 2 heterocycles. The zero-order valence-electron chi connectivity index (χ0n) is 13.3. The summed E-state index contributed by atoms with van der Waals surface area (Å²) in [5.74, 6) is 0.805. The maximum atomic E-state index is 9.26. The van der Waals surface area contributed by atoms with Gasteiger partial charge in [0.05, 0.1) is 19.7 Å².